The average molecular weight is 330 g/mol. The first kappa shape index (κ1) is 17.5. The SMILES string of the molecule is CCOc1ccc(CN(C)C(=O)Cn2cc(NC(C)=O)cn2)cc1. The summed E-state index contributed by atoms with van der Waals surface area (Å²) in [5.41, 5.74) is 1.60. The van der Waals surface area contributed by atoms with Crippen LogP contribution in [0.3, 0.4) is 0 Å². The molecule has 0 aliphatic rings. The molecule has 0 saturated heterocycles. The molecule has 2 amide bonds. The molecular formula is C17H22N4O3. The number of anilines is 1. The number of hydrogen-bond acceptors (Lipinski definition) is 4. The molecule has 128 valence electrons. The summed E-state index contributed by atoms with van der Waals surface area (Å²) in [7, 11) is 1.75. The lowest BCUT2D eigenvalue weighted by atomic mass is 10.2. The number of amides is 2. The normalized spacial score (nSPS) is 10.3. The molecule has 1 N–H and O–H groups in total. The van der Waals surface area contributed by atoms with Crippen LogP contribution in [-0.2, 0) is 22.7 Å². The van der Waals surface area contributed by atoms with Crippen LogP contribution in [0.1, 0.15) is 19.4 Å². The summed E-state index contributed by atoms with van der Waals surface area (Å²) in [6.07, 6.45) is 3.14. The van der Waals surface area contributed by atoms with Gasteiger partial charge in [-0.1, -0.05) is 12.1 Å². The Kier molecular flexibility index (Phi) is 5.95. The standard InChI is InChI=1S/C17H22N4O3/c1-4-24-16-7-5-14(6-8-16)10-20(3)17(23)12-21-11-15(9-18-21)19-13(2)22/h5-9,11H,4,10,12H2,1-3H3,(H,19,22). The van der Waals surface area contributed by atoms with E-state index in [1.54, 1.807) is 18.1 Å². The van der Waals surface area contributed by atoms with Gasteiger partial charge in [0.15, 0.2) is 0 Å². The van der Waals surface area contributed by atoms with Gasteiger partial charge in [-0.3, -0.25) is 14.3 Å². The van der Waals surface area contributed by atoms with Gasteiger partial charge in [-0.25, -0.2) is 0 Å². The number of benzene rings is 1. The number of carbonyl (C=O) groups is 2. The zero-order valence-electron chi connectivity index (χ0n) is 14.2. The molecule has 2 rings (SSSR count). The number of ether oxygens (including phenoxy) is 1. The summed E-state index contributed by atoms with van der Waals surface area (Å²) >= 11 is 0. The summed E-state index contributed by atoms with van der Waals surface area (Å²) in [6, 6.07) is 7.67. The molecule has 2 aromatic rings. The summed E-state index contributed by atoms with van der Waals surface area (Å²) < 4.78 is 6.90. The molecule has 7 heteroatoms. The quantitative estimate of drug-likeness (QED) is 0.841. The van der Waals surface area contributed by atoms with Gasteiger partial charge in [0, 0.05) is 26.7 Å². The van der Waals surface area contributed by atoms with Gasteiger partial charge in [-0.2, -0.15) is 5.10 Å². The van der Waals surface area contributed by atoms with Gasteiger partial charge in [0.05, 0.1) is 18.5 Å². The monoisotopic (exact) mass is 330 g/mol. The van der Waals surface area contributed by atoms with Crippen molar-refractivity contribution in [3.05, 3.63) is 42.2 Å². The molecule has 7 nitrogen and oxygen atoms in total. The average Bonchev–Trinajstić information content (AvgIpc) is 2.95. The molecule has 0 saturated carbocycles. The van der Waals surface area contributed by atoms with Crippen molar-refractivity contribution in [3.8, 4) is 5.75 Å². The van der Waals surface area contributed by atoms with Crippen molar-refractivity contribution >= 4 is 17.5 Å². The van der Waals surface area contributed by atoms with Gasteiger partial charge in [0.2, 0.25) is 11.8 Å². The highest BCUT2D eigenvalue weighted by molar-refractivity contribution is 5.88. The highest BCUT2D eigenvalue weighted by Gasteiger charge is 2.11. The third-order valence-electron chi connectivity index (χ3n) is 3.33. The maximum Gasteiger partial charge on any atom is 0.244 e. The fraction of sp³-hybridized carbons (Fsp3) is 0.353. The first-order valence-electron chi connectivity index (χ1n) is 7.73. The van der Waals surface area contributed by atoms with Crippen molar-refractivity contribution in [3.63, 3.8) is 0 Å². The van der Waals surface area contributed by atoms with Crippen LogP contribution in [0.2, 0.25) is 0 Å². The van der Waals surface area contributed by atoms with Crippen LogP contribution in [0.15, 0.2) is 36.7 Å². The number of nitrogens with one attached hydrogen (secondary N) is 1. The van der Waals surface area contributed by atoms with Gasteiger partial charge >= 0.3 is 0 Å². The van der Waals surface area contributed by atoms with E-state index >= 15 is 0 Å². The van der Waals surface area contributed by atoms with Gasteiger partial charge in [0.25, 0.3) is 0 Å². The second-order valence-corrected chi connectivity index (χ2v) is 5.43. The van der Waals surface area contributed by atoms with E-state index in [0.717, 1.165) is 11.3 Å². The Morgan fingerprint density at radius 2 is 2.00 bits per heavy atom. The highest BCUT2D eigenvalue weighted by atomic mass is 16.5. The van der Waals surface area contributed by atoms with Crippen LogP contribution >= 0.6 is 0 Å². The number of likely N-dealkylation sites (N-methyl/N-ethyl adjacent to an activating group) is 1. The molecule has 0 fully saturated rings. The molecule has 0 atom stereocenters. The van der Waals surface area contributed by atoms with Crippen molar-refractivity contribution < 1.29 is 14.3 Å². The zero-order valence-corrected chi connectivity index (χ0v) is 14.2. The lowest BCUT2D eigenvalue weighted by Crippen LogP contribution is -2.29. The number of hydrogen-bond donors (Lipinski definition) is 1. The van der Waals surface area contributed by atoms with E-state index in [1.807, 2.05) is 31.2 Å². The molecule has 1 aromatic heterocycles. The minimum Gasteiger partial charge on any atom is -0.494 e. The third kappa shape index (κ3) is 5.12. The first-order chi connectivity index (χ1) is 11.5. The zero-order chi connectivity index (χ0) is 17.5. The van der Waals surface area contributed by atoms with E-state index in [-0.39, 0.29) is 18.4 Å². The van der Waals surface area contributed by atoms with Gasteiger partial charge in [-0.05, 0) is 24.6 Å². The van der Waals surface area contributed by atoms with Crippen LogP contribution in [0.5, 0.6) is 5.75 Å². The Morgan fingerprint density at radius 1 is 1.29 bits per heavy atom. The molecule has 0 unspecified atom stereocenters. The fourth-order valence-corrected chi connectivity index (χ4v) is 2.20. The van der Waals surface area contributed by atoms with Crippen LogP contribution in [0, 0.1) is 0 Å². The van der Waals surface area contributed by atoms with E-state index in [4.69, 9.17) is 4.74 Å². The maximum atomic E-state index is 12.3. The van der Waals surface area contributed by atoms with Crippen molar-refractivity contribution in [2.75, 3.05) is 19.0 Å². The summed E-state index contributed by atoms with van der Waals surface area (Å²) in [6.45, 7) is 4.61. The third-order valence-corrected chi connectivity index (χ3v) is 3.33. The summed E-state index contributed by atoms with van der Waals surface area (Å²) in [5.74, 6) is 0.576. The van der Waals surface area contributed by atoms with Crippen molar-refractivity contribution in [2.24, 2.45) is 0 Å². The predicted octanol–water partition coefficient (Wildman–Crippen LogP) is 1.90. The van der Waals surface area contributed by atoms with Crippen molar-refractivity contribution in [2.45, 2.75) is 26.9 Å². The van der Waals surface area contributed by atoms with E-state index in [9.17, 15) is 9.59 Å². The smallest absolute Gasteiger partial charge is 0.244 e. The van der Waals surface area contributed by atoms with E-state index in [2.05, 4.69) is 10.4 Å². The first-order valence-corrected chi connectivity index (χ1v) is 7.73. The van der Waals surface area contributed by atoms with Crippen LogP contribution in [0.4, 0.5) is 5.69 Å². The second kappa shape index (κ2) is 8.14. The molecule has 1 aromatic carbocycles. The molecule has 0 aliphatic carbocycles. The van der Waals surface area contributed by atoms with Crippen LogP contribution < -0.4 is 10.1 Å². The summed E-state index contributed by atoms with van der Waals surface area (Å²) in [4.78, 5) is 24.9. The molecule has 0 bridgehead atoms. The summed E-state index contributed by atoms with van der Waals surface area (Å²) in [5, 5.41) is 6.69. The Bertz CT molecular complexity index is 694. The Labute approximate surface area is 141 Å². The number of rotatable bonds is 7. The largest absolute Gasteiger partial charge is 0.494 e. The molecule has 0 aliphatic heterocycles. The predicted molar refractivity (Wildman–Crippen MR) is 90.6 cm³/mol. The van der Waals surface area contributed by atoms with E-state index in [1.165, 1.54) is 17.8 Å². The molecule has 1 heterocycles. The number of aromatic nitrogens is 2. The van der Waals surface area contributed by atoms with Gasteiger partial charge in [0.1, 0.15) is 12.3 Å². The minimum absolute atomic E-state index is 0.0682. The number of carbonyl (C=O) groups excluding carboxylic acids is 2. The minimum atomic E-state index is -0.173. The molecule has 0 radical (unpaired) electrons. The molecule has 24 heavy (non-hydrogen) atoms. The maximum absolute atomic E-state index is 12.3. The second-order valence-electron chi connectivity index (χ2n) is 5.43. The van der Waals surface area contributed by atoms with Crippen LogP contribution in [-0.4, -0.2) is 40.1 Å². The van der Waals surface area contributed by atoms with E-state index < -0.39 is 0 Å². The van der Waals surface area contributed by atoms with Crippen LogP contribution in [0.25, 0.3) is 0 Å². The fourth-order valence-electron chi connectivity index (χ4n) is 2.20. The Morgan fingerprint density at radius 3 is 2.62 bits per heavy atom. The van der Waals surface area contributed by atoms with Crippen molar-refractivity contribution in [1.29, 1.82) is 0 Å². The van der Waals surface area contributed by atoms with Gasteiger partial charge < -0.3 is 15.0 Å². The topological polar surface area (TPSA) is 76.5 Å². The van der Waals surface area contributed by atoms with Gasteiger partial charge in [-0.15, -0.1) is 0 Å². The molecule has 0 spiro atoms. The lowest BCUT2D eigenvalue weighted by Gasteiger charge is -2.17. The van der Waals surface area contributed by atoms with Crippen molar-refractivity contribution in [1.82, 2.24) is 14.7 Å². The molecular weight excluding hydrogens is 308 g/mol. The Balaban J connectivity index is 1.89. The van der Waals surface area contributed by atoms with E-state index in [0.29, 0.717) is 18.8 Å². The lowest BCUT2D eigenvalue weighted by molar-refractivity contribution is -0.131. The highest BCUT2D eigenvalue weighted by Crippen LogP contribution is 2.13. The Hall–Kier alpha value is -2.83. The number of nitrogens with zero attached hydrogens (tertiary/aromatic N) is 3.